The van der Waals surface area contributed by atoms with E-state index in [1.807, 2.05) is 30.3 Å². The molecule has 8 nitrogen and oxygen atoms in total. The molecule has 0 unspecified atom stereocenters. The van der Waals surface area contributed by atoms with Crippen molar-refractivity contribution in [1.82, 2.24) is 10.2 Å². The van der Waals surface area contributed by atoms with E-state index in [0.717, 1.165) is 5.56 Å². The molecule has 2 aliphatic heterocycles. The Balaban J connectivity index is 0.00000261. The van der Waals surface area contributed by atoms with Crippen LogP contribution < -0.4 is 40.0 Å². The maximum atomic E-state index is 12.8. The quantitative estimate of drug-likeness (QED) is 0.375. The number of nitrogens with one attached hydrogen (secondary N) is 1. The van der Waals surface area contributed by atoms with Gasteiger partial charge in [0.05, 0.1) is 19.2 Å². The molecule has 9 heteroatoms. The first kappa shape index (κ1) is 21.8. The van der Waals surface area contributed by atoms with Crippen LogP contribution in [0.2, 0.25) is 0 Å². The third-order valence-electron chi connectivity index (χ3n) is 4.48. The predicted molar refractivity (Wildman–Crippen MR) is 87.8 cm³/mol. The topological polar surface area (TPSA) is 111 Å². The zero-order valence-electron chi connectivity index (χ0n) is 15.3. The van der Waals surface area contributed by atoms with Crippen molar-refractivity contribution < 1.29 is 58.5 Å². The van der Waals surface area contributed by atoms with Crippen LogP contribution in [0.1, 0.15) is 12.0 Å². The van der Waals surface area contributed by atoms with Crippen LogP contribution in [0, 0.1) is 0 Å². The second kappa shape index (κ2) is 10.2. The fourth-order valence-corrected chi connectivity index (χ4v) is 2.96. The minimum atomic E-state index is -1.43. The molecular formula is C18H21N2NaO6. The zero-order chi connectivity index (χ0) is 18.5. The molecule has 2 fully saturated rings. The first-order valence-corrected chi connectivity index (χ1v) is 8.63. The van der Waals surface area contributed by atoms with Gasteiger partial charge in [-0.25, -0.2) is 0 Å². The molecule has 0 radical (unpaired) electrons. The van der Waals surface area contributed by atoms with E-state index in [1.54, 1.807) is 4.90 Å². The number of hydrogen-bond acceptors (Lipinski definition) is 6. The van der Waals surface area contributed by atoms with Crippen LogP contribution in [0.25, 0.3) is 0 Å². The number of aryl methyl sites for hydroxylation is 1. The van der Waals surface area contributed by atoms with Crippen LogP contribution in [0.3, 0.4) is 0 Å². The maximum absolute atomic E-state index is 12.8. The van der Waals surface area contributed by atoms with E-state index >= 15 is 0 Å². The van der Waals surface area contributed by atoms with Gasteiger partial charge in [-0.2, -0.15) is 0 Å². The Morgan fingerprint density at radius 1 is 1.15 bits per heavy atom. The van der Waals surface area contributed by atoms with E-state index in [2.05, 4.69) is 5.32 Å². The zero-order valence-corrected chi connectivity index (χ0v) is 17.3. The van der Waals surface area contributed by atoms with Crippen LogP contribution in [0.15, 0.2) is 30.3 Å². The molecule has 1 aromatic rings. The predicted octanol–water partition coefficient (Wildman–Crippen LogP) is -4.52. The van der Waals surface area contributed by atoms with Crippen LogP contribution in [-0.2, 0) is 30.3 Å². The van der Waals surface area contributed by atoms with Gasteiger partial charge in [0, 0.05) is 13.1 Å². The molecule has 3 atom stereocenters. The minimum Gasteiger partial charge on any atom is -0.547 e. The van der Waals surface area contributed by atoms with E-state index in [0.29, 0.717) is 39.1 Å². The molecule has 2 amide bonds. The second-order valence-corrected chi connectivity index (χ2v) is 6.32. The average molecular weight is 384 g/mol. The molecule has 1 N–H and O–H groups in total. The van der Waals surface area contributed by atoms with E-state index in [4.69, 9.17) is 9.47 Å². The summed E-state index contributed by atoms with van der Waals surface area (Å²) in [6, 6.07) is 8.89. The molecule has 2 saturated heterocycles. The number of carbonyl (C=O) groups excluding carboxylic acids is 3. The molecule has 1 aromatic carbocycles. The Hall–Kier alpha value is -1.45. The van der Waals surface area contributed by atoms with Gasteiger partial charge in [0.15, 0.2) is 6.10 Å². The first-order valence-electron chi connectivity index (χ1n) is 8.63. The number of carbonyl (C=O) groups is 3. The number of rotatable bonds is 7. The Morgan fingerprint density at radius 3 is 2.41 bits per heavy atom. The van der Waals surface area contributed by atoms with Gasteiger partial charge in [-0.1, -0.05) is 30.3 Å². The summed E-state index contributed by atoms with van der Waals surface area (Å²) in [5.74, 6) is -2.22. The number of aliphatic carboxylic acids is 1. The normalized spacial score (nSPS) is 22.3. The first-order chi connectivity index (χ1) is 12.6. The Kier molecular flexibility index (Phi) is 8.25. The second-order valence-electron chi connectivity index (χ2n) is 6.32. The summed E-state index contributed by atoms with van der Waals surface area (Å²) in [6.07, 6.45) is -1.30. The van der Waals surface area contributed by atoms with Crippen LogP contribution in [-0.4, -0.2) is 67.2 Å². The fourth-order valence-electron chi connectivity index (χ4n) is 2.96. The van der Waals surface area contributed by atoms with Crippen molar-refractivity contribution in [3.63, 3.8) is 0 Å². The molecule has 0 spiro atoms. The maximum Gasteiger partial charge on any atom is 1.00 e. The number of epoxide rings is 1. The van der Waals surface area contributed by atoms with Gasteiger partial charge < -0.3 is 29.6 Å². The third kappa shape index (κ3) is 6.02. The largest absolute Gasteiger partial charge is 1.00 e. The molecule has 0 aromatic heterocycles. The van der Waals surface area contributed by atoms with Crippen molar-refractivity contribution in [2.45, 2.75) is 31.1 Å². The molecule has 0 bridgehead atoms. The van der Waals surface area contributed by atoms with Crippen LogP contribution in [0.4, 0.5) is 0 Å². The van der Waals surface area contributed by atoms with E-state index in [-0.39, 0.29) is 35.5 Å². The van der Waals surface area contributed by atoms with Gasteiger partial charge in [0.2, 0.25) is 5.91 Å². The number of carboxylic acids is 1. The number of carboxylic acid groups (broad SMARTS) is 1. The van der Waals surface area contributed by atoms with Crippen LogP contribution in [0.5, 0.6) is 0 Å². The van der Waals surface area contributed by atoms with Crippen LogP contribution >= 0.6 is 0 Å². The molecular weight excluding hydrogens is 363 g/mol. The monoisotopic (exact) mass is 384 g/mol. The van der Waals surface area contributed by atoms with Crippen molar-refractivity contribution in [1.29, 1.82) is 0 Å². The number of morpholine rings is 1. The summed E-state index contributed by atoms with van der Waals surface area (Å²) in [6.45, 7) is 1.86. The third-order valence-corrected chi connectivity index (χ3v) is 4.48. The van der Waals surface area contributed by atoms with Crippen molar-refractivity contribution >= 4 is 17.8 Å². The number of hydrogen-bond donors (Lipinski definition) is 1. The number of nitrogens with zero attached hydrogens (tertiary/aromatic N) is 1. The summed E-state index contributed by atoms with van der Waals surface area (Å²) in [5.41, 5.74) is 1.05. The average Bonchev–Trinajstić information content (AvgIpc) is 3.47. The molecule has 27 heavy (non-hydrogen) atoms. The van der Waals surface area contributed by atoms with Gasteiger partial charge in [-0.15, -0.1) is 0 Å². The molecule has 3 rings (SSSR count). The molecule has 2 heterocycles. The van der Waals surface area contributed by atoms with Crippen molar-refractivity contribution in [3.8, 4) is 0 Å². The van der Waals surface area contributed by atoms with Gasteiger partial charge in [0.1, 0.15) is 12.1 Å². The van der Waals surface area contributed by atoms with Crippen molar-refractivity contribution in [3.05, 3.63) is 35.9 Å². The number of ether oxygens (including phenoxy) is 2. The minimum absolute atomic E-state index is 0. The number of benzene rings is 1. The molecule has 2 aliphatic rings. The SMILES string of the molecule is O=C([O-])[C@H]1O[C@@H]1C(=O)N[C@@H](CCc1ccccc1)C(=O)N1CCOCC1.[Na+]. The van der Waals surface area contributed by atoms with Crippen molar-refractivity contribution in [2.75, 3.05) is 26.3 Å². The molecule has 0 aliphatic carbocycles. The summed E-state index contributed by atoms with van der Waals surface area (Å²) < 4.78 is 10.1. The summed E-state index contributed by atoms with van der Waals surface area (Å²) in [7, 11) is 0. The van der Waals surface area contributed by atoms with Gasteiger partial charge >= 0.3 is 29.6 Å². The Labute approximate surface area is 179 Å². The van der Waals surface area contributed by atoms with Gasteiger partial charge in [-0.05, 0) is 18.4 Å². The van der Waals surface area contributed by atoms with E-state index in [1.165, 1.54) is 0 Å². The smallest absolute Gasteiger partial charge is 0.547 e. The van der Waals surface area contributed by atoms with Gasteiger partial charge in [-0.3, -0.25) is 9.59 Å². The molecule has 0 saturated carbocycles. The van der Waals surface area contributed by atoms with E-state index < -0.39 is 30.1 Å². The number of amides is 2. The standard InChI is InChI=1S/C18H22N2O6.Na/c21-16(14-15(26-14)18(23)24)19-13(7-6-12-4-2-1-3-5-12)17(22)20-8-10-25-11-9-20;/h1-5,13-15H,6-11H2,(H,19,21)(H,23,24);/q;+1/p-1/t13-,14-,15-;/m0./s1. The summed E-state index contributed by atoms with van der Waals surface area (Å²) in [4.78, 5) is 37.4. The van der Waals surface area contributed by atoms with Gasteiger partial charge in [0.25, 0.3) is 5.91 Å². The Bertz CT molecular complexity index is 665. The fraction of sp³-hybridized carbons (Fsp3) is 0.500. The summed E-state index contributed by atoms with van der Waals surface area (Å²) in [5, 5.41) is 13.4. The Morgan fingerprint density at radius 2 is 1.81 bits per heavy atom. The molecule has 140 valence electrons. The van der Waals surface area contributed by atoms with Crippen molar-refractivity contribution in [2.24, 2.45) is 0 Å². The van der Waals surface area contributed by atoms with E-state index in [9.17, 15) is 19.5 Å². The summed E-state index contributed by atoms with van der Waals surface area (Å²) >= 11 is 0.